The fourth-order valence-electron chi connectivity index (χ4n) is 3.37. The zero-order valence-corrected chi connectivity index (χ0v) is 16.2. The van der Waals surface area contributed by atoms with Crippen molar-refractivity contribution in [3.8, 4) is 0 Å². The Balaban J connectivity index is 1.99. The number of carboxylic acid groups (broad SMARTS) is 2. The highest BCUT2D eigenvalue weighted by atomic mass is 16.5. The van der Waals surface area contributed by atoms with Gasteiger partial charge in [0.1, 0.15) is 12.1 Å². The molecule has 1 amide bonds. The average Bonchev–Trinajstić information content (AvgIpc) is 3.10. The van der Waals surface area contributed by atoms with E-state index in [-0.39, 0.29) is 19.1 Å². The number of carboxylic acids is 2. The van der Waals surface area contributed by atoms with Gasteiger partial charge in [0.05, 0.1) is 18.8 Å². The van der Waals surface area contributed by atoms with Crippen molar-refractivity contribution in [3.63, 3.8) is 0 Å². The second-order valence-electron chi connectivity index (χ2n) is 7.07. The van der Waals surface area contributed by atoms with Crippen molar-refractivity contribution in [2.75, 3.05) is 6.54 Å². The molecular formula is C20H28N2O6. The maximum absolute atomic E-state index is 12.8. The van der Waals surface area contributed by atoms with Gasteiger partial charge in [-0.05, 0) is 18.9 Å². The van der Waals surface area contributed by atoms with Crippen molar-refractivity contribution in [1.29, 1.82) is 0 Å². The van der Waals surface area contributed by atoms with E-state index in [9.17, 15) is 24.6 Å². The summed E-state index contributed by atoms with van der Waals surface area (Å²) in [7, 11) is 0. The zero-order valence-electron chi connectivity index (χ0n) is 16.2. The van der Waals surface area contributed by atoms with Gasteiger partial charge >= 0.3 is 11.9 Å². The van der Waals surface area contributed by atoms with Gasteiger partial charge in [0.25, 0.3) is 0 Å². The lowest BCUT2D eigenvalue weighted by atomic mass is 10.1. The Labute approximate surface area is 164 Å². The lowest BCUT2D eigenvalue weighted by Gasteiger charge is -2.27. The van der Waals surface area contributed by atoms with Crippen LogP contribution in [-0.4, -0.2) is 63.7 Å². The van der Waals surface area contributed by atoms with E-state index in [0.29, 0.717) is 19.4 Å². The summed E-state index contributed by atoms with van der Waals surface area (Å²) in [6, 6.07) is 6.89. The largest absolute Gasteiger partial charge is 0.480 e. The van der Waals surface area contributed by atoms with Crippen LogP contribution in [-0.2, 0) is 25.7 Å². The minimum atomic E-state index is -1.09. The number of ether oxygens (including phenoxy) is 1. The molecule has 0 spiro atoms. The maximum Gasteiger partial charge on any atom is 0.326 e. The third-order valence-electron chi connectivity index (χ3n) is 4.86. The van der Waals surface area contributed by atoms with Gasteiger partial charge < -0.3 is 19.8 Å². The van der Waals surface area contributed by atoms with Crippen molar-refractivity contribution in [1.82, 2.24) is 10.2 Å². The third-order valence-corrected chi connectivity index (χ3v) is 4.86. The smallest absolute Gasteiger partial charge is 0.326 e. The predicted molar refractivity (Wildman–Crippen MR) is 102 cm³/mol. The molecule has 8 nitrogen and oxygen atoms in total. The number of benzene rings is 1. The number of rotatable bonds is 10. The van der Waals surface area contributed by atoms with E-state index in [2.05, 4.69) is 5.32 Å². The van der Waals surface area contributed by atoms with Crippen LogP contribution in [0.3, 0.4) is 0 Å². The average molecular weight is 392 g/mol. The first-order valence-electron chi connectivity index (χ1n) is 9.51. The highest BCUT2D eigenvalue weighted by molar-refractivity contribution is 5.88. The Bertz CT molecular complexity index is 681. The first-order valence-corrected chi connectivity index (χ1v) is 9.51. The summed E-state index contributed by atoms with van der Waals surface area (Å²) in [5, 5.41) is 21.6. The summed E-state index contributed by atoms with van der Waals surface area (Å²) in [5.41, 5.74) is 0.970. The summed E-state index contributed by atoms with van der Waals surface area (Å²) in [5.74, 6) is -2.54. The van der Waals surface area contributed by atoms with E-state index in [4.69, 9.17) is 4.74 Å². The molecule has 0 radical (unpaired) electrons. The van der Waals surface area contributed by atoms with Gasteiger partial charge in [-0.1, -0.05) is 43.7 Å². The van der Waals surface area contributed by atoms with E-state index >= 15 is 0 Å². The van der Waals surface area contributed by atoms with Crippen LogP contribution in [0.5, 0.6) is 0 Å². The van der Waals surface area contributed by atoms with Crippen LogP contribution in [0.2, 0.25) is 0 Å². The molecule has 1 aromatic rings. The Hall–Kier alpha value is -2.45. The summed E-state index contributed by atoms with van der Waals surface area (Å²) < 4.78 is 5.82. The summed E-state index contributed by atoms with van der Waals surface area (Å²) in [6.07, 6.45) is 0.862. The standard InChI is InChI=1S/C20H28N2O6/c1-3-7-16(19(24)25)21-13(2)18(23)22-11-15(10-17(22)20(26)27)28-12-14-8-5-4-6-9-14/h4-6,8-9,13,15-17,21H,3,7,10-12H2,1-2H3,(H,24,25)(H,26,27)/t13-,15?,16?,17-/m0/s1. The molecular weight excluding hydrogens is 364 g/mol. The van der Waals surface area contributed by atoms with Crippen molar-refractivity contribution < 1.29 is 29.3 Å². The number of carbonyl (C=O) groups is 3. The molecule has 4 atom stereocenters. The SMILES string of the molecule is CCCC(N[C@@H](C)C(=O)N1CC(OCc2ccccc2)C[C@H]1C(=O)O)C(=O)O. The van der Waals surface area contributed by atoms with E-state index < -0.39 is 36.0 Å². The molecule has 1 heterocycles. The minimum Gasteiger partial charge on any atom is -0.480 e. The zero-order chi connectivity index (χ0) is 20.7. The monoisotopic (exact) mass is 392 g/mol. The molecule has 0 aromatic heterocycles. The van der Waals surface area contributed by atoms with Crippen LogP contribution in [0, 0.1) is 0 Å². The fraction of sp³-hybridized carbons (Fsp3) is 0.550. The quantitative estimate of drug-likeness (QED) is 0.552. The van der Waals surface area contributed by atoms with Crippen molar-refractivity contribution in [2.45, 2.75) is 63.9 Å². The van der Waals surface area contributed by atoms with Gasteiger partial charge in [-0.25, -0.2) is 4.79 Å². The van der Waals surface area contributed by atoms with E-state index in [1.165, 1.54) is 4.90 Å². The summed E-state index contributed by atoms with van der Waals surface area (Å²) in [4.78, 5) is 37.0. The molecule has 1 fully saturated rings. The lowest BCUT2D eigenvalue weighted by Crippen LogP contribution is -2.53. The summed E-state index contributed by atoms with van der Waals surface area (Å²) >= 11 is 0. The second kappa shape index (κ2) is 10.2. The first kappa shape index (κ1) is 21.8. The number of nitrogens with zero attached hydrogens (tertiary/aromatic N) is 1. The van der Waals surface area contributed by atoms with Gasteiger partial charge in [-0.3, -0.25) is 14.9 Å². The van der Waals surface area contributed by atoms with Crippen molar-refractivity contribution in [3.05, 3.63) is 35.9 Å². The van der Waals surface area contributed by atoms with Gasteiger partial charge in [0.2, 0.25) is 5.91 Å². The van der Waals surface area contributed by atoms with Crippen LogP contribution in [0.4, 0.5) is 0 Å². The lowest BCUT2D eigenvalue weighted by molar-refractivity contribution is -0.149. The van der Waals surface area contributed by atoms with Crippen LogP contribution in [0.25, 0.3) is 0 Å². The molecule has 2 unspecified atom stereocenters. The topological polar surface area (TPSA) is 116 Å². The first-order chi connectivity index (χ1) is 13.3. The van der Waals surface area contributed by atoms with Crippen molar-refractivity contribution >= 4 is 17.8 Å². The molecule has 8 heteroatoms. The van der Waals surface area contributed by atoms with Gasteiger partial charge in [0.15, 0.2) is 0 Å². The van der Waals surface area contributed by atoms with E-state index in [0.717, 1.165) is 5.56 Å². The number of hydrogen-bond acceptors (Lipinski definition) is 5. The number of nitrogens with one attached hydrogen (secondary N) is 1. The molecule has 0 saturated carbocycles. The minimum absolute atomic E-state index is 0.167. The van der Waals surface area contributed by atoms with Crippen LogP contribution in [0.15, 0.2) is 30.3 Å². The number of hydrogen-bond donors (Lipinski definition) is 3. The maximum atomic E-state index is 12.8. The molecule has 1 aliphatic rings. The molecule has 154 valence electrons. The van der Waals surface area contributed by atoms with E-state index in [1.54, 1.807) is 6.92 Å². The Kier molecular flexibility index (Phi) is 7.95. The Morgan fingerprint density at radius 1 is 1.25 bits per heavy atom. The molecule has 0 aliphatic carbocycles. The fourth-order valence-corrected chi connectivity index (χ4v) is 3.37. The van der Waals surface area contributed by atoms with E-state index in [1.807, 2.05) is 37.3 Å². The molecule has 1 aromatic carbocycles. The van der Waals surface area contributed by atoms with Gasteiger partial charge in [-0.15, -0.1) is 0 Å². The Morgan fingerprint density at radius 2 is 1.93 bits per heavy atom. The Morgan fingerprint density at radius 3 is 2.50 bits per heavy atom. The highest BCUT2D eigenvalue weighted by Crippen LogP contribution is 2.23. The second-order valence-corrected chi connectivity index (χ2v) is 7.07. The third kappa shape index (κ3) is 5.77. The predicted octanol–water partition coefficient (Wildman–Crippen LogP) is 1.49. The molecule has 1 aliphatic heterocycles. The van der Waals surface area contributed by atoms with Crippen molar-refractivity contribution in [2.24, 2.45) is 0 Å². The number of likely N-dealkylation sites (tertiary alicyclic amines) is 1. The highest BCUT2D eigenvalue weighted by Gasteiger charge is 2.41. The van der Waals surface area contributed by atoms with Gasteiger partial charge in [-0.2, -0.15) is 0 Å². The van der Waals surface area contributed by atoms with Crippen LogP contribution in [0.1, 0.15) is 38.7 Å². The molecule has 28 heavy (non-hydrogen) atoms. The molecule has 1 saturated heterocycles. The van der Waals surface area contributed by atoms with Crippen LogP contribution < -0.4 is 5.32 Å². The molecule has 0 bridgehead atoms. The van der Waals surface area contributed by atoms with Crippen LogP contribution >= 0.6 is 0 Å². The summed E-state index contributed by atoms with van der Waals surface area (Å²) in [6.45, 7) is 3.93. The number of carbonyl (C=O) groups excluding carboxylic acids is 1. The molecule has 2 rings (SSSR count). The van der Waals surface area contributed by atoms with Gasteiger partial charge in [0, 0.05) is 13.0 Å². The molecule has 3 N–H and O–H groups in total. The number of amides is 1. The number of aliphatic carboxylic acids is 2. The normalized spacial score (nSPS) is 21.3.